The Bertz CT molecular complexity index is 3930. The highest BCUT2D eigenvalue weighted by Crippen LogP contribution is 2.45. The lowest BCUT2D eigenvalue weighted by Crippen LogP contribution is -2.12. The van der Waals surface area contributed by atoms with E-state index >= 15 is 0 Å². The Balaban J connectivity index is 1.02. The third kappa shape index (κ3) is 7.61. The molecular formula is C68H56N2. The van der Waals surface area contributed by atoms with E-state index in [0.717, 1.165) is 17.1 Å². The van der Waals surface area contributed by atoms with Crippen molar-refractivity contribution in [3.05, 3.63) is 242 Å². The fourth-order valence-corrected chi connectivity index (χ4v) is 10.6. The molecule has 0 aliphatic heterocycles. The van der Waals surface area contributed by atoms with Gasteiger partial charge in [0.05, 0.1) is 11.0 Å². The molecule has 0 saturated carbocycles. The molecule has 12 rings (SSSR count). The average Bonchev–Trinajstić information content (AvgIpc) is 3.72. The van der Waals surface area contributed by atoms with Crippen LogP contribution in [0.4, 0.5) is 17.1 Å². The number of nitrogens with zero attached hydrogens (tertiary/aromatic N) is 2. The van der Waals surface area contributed by atoms with Gasteiger partial charge in [-0.25, -0.2) is 0 Å². The Kier molecular flexibility index (Phi) is 10.3. The van der Waals surface area contributed by atoms with Crippen LogP contribution in [0.3, 0.4) is 0 Å². The molecule has 0 aliphatic carbocycles. The maximum Gasteiger partial charge on any atom is 0.0550 e. The molecular weight excluding hydrogens is 845 g/mol. The summed E-state index contributed by atoms with van der Waals surface area (Å²) in [7, 11) is 0. The smallest absolute Gasteiger partial charge is 0.0550 e. The molecule has 0 bridgehead atoms. The molecule has 0 amide bonds. The number of anilines is 3. The van der Waals surface area contributed by atoms with Gasteiger partial charge in [-0.2, -0.15) is 0 Å². The van der Waals surface area contributed by atoms with Crippen LogP contribution in [-0.4, -0.2) is 4.57 Å². The number of hydrogen-bond acceptors (Lipinski definition) is 1. The van der Waals surface area contributed by atoms with Crippen molar-refractivity contribution in [3.8, 4) is 39.1 Å². The minimum Gasteiger partial charge on any atom is -0.310 e. The van der Waals surface area contributed by atoms with E-state index in [9.17, 15) is 0 Å². The molecule has 12 aromatic rings. The molecule has 1 aromatic heterocycles. The highest BCUT2D eigenvalue weighted by Gasteiger charge is 2.25. The molecule has 70 heavy (non-hydrogen) atoms. The second-order valence-corrected chi connectivity index (χ2v) is 21.0. The van der Waals surface area contributed by atoms with Crippen LogP contribution in [-0.2, 0) is 10.8 Å². The zero-order valence-corrected chi connectivity index (χ0v) is 40.8. The largest absolute Gasteiger partial charge is 0.310 e. The first kappa shape index (κ1) is 43.1. The summed E-state index contributed by atoms with van der Waals surface area (Å²) in [4.78, 5) is 2.43. The quantitative estimate of drug-likeness (QED) is 0.145. The number of aromatic nitrogens is 1. The van der Waals surface area contributed by atoms with Gasteiger partial charge in [-0.1, -0.05) is 205 Å². The molecule has 0 atom stereocenters. The Morgan fingerprint density at radius 2 is 0.871 bits per heavy atom. The summed E-state index contributed by atoms with van der Waals surface area (Å²) in [6.07, 6.45) is 0. The monoisotopic (exact) mass is 900 g/mol. The summed E-state index contributed by atoms with van der Waals surface area (Å²) in [6.45, 7) is 13.9. The molecule has 0 fully saturated rings. The van der Waals surface area contributed by atoms with Crippen LogP contribution in [0.5, 0.6) is 0 Å². The number of para-hydroxylation sites is 1. The first-order chi connectivity index (χ1) is 34.0. The standard InChI is InChI=1S/C68H56N2/c1-67(2,3)52-34-38-62-64(43-52)70(54-20-8-7-9-21-54)65-44-53(68(4,5)6)42-63(66(62)65)50-19-14-22-56(40-50)69(57-37-39-61-51(41-57)31-30-48-17-11-13-24-59(48)61)55-35-32-46(33-36-55)45-26-28-49(29-27-45)60-25-15-18-47-16-10-12-23-58(47)60/h7-44H,1-6H3. The van der Waals surface area contributed by atoms with Crippen LogP contribution in [0.2, 0.25) is 0 Å². The Morgan fingerprint density at radius 3 is 1.61 bits per heavy atom. The van der Waals surface area contributed by atoms with Gasteiger partial charge in [-0.05, 0) is 154 Å². The second kappa shape index (κ2) is 16.8. The lowest BCUT2D eigenvalue weighted by molar-refractivity contribution is 0.591. The van der Waals surface area contributed by atoms with E-state index in [0.29, 0.717) is 0 Å². The number of hydrogen-bond donors (Lipinski definition) is 0. The van der Waals surface area contributed by atoms with E-state index in [-0.39, 0.29) is 10.8 Å². The second-order valence-electron chi connectivity index (χ2n) is 21.0. The van der Waals surface area contributed by atoms with Gasteiger partial charge in [0.1, 0.15) is 0 Å². The van der Waals surface area contributed by atoms with Gasteiger partial charge in [0.2, 0.25) is 0 Å². The van der Waals surface area contributed by atoms with Crippen LogP contribution < -0.4 is 4.90 Å². The summed E-state index contributed by atoms with van der Waals surface area (Å²) >= 11 is 0. The van der Waals surface area contributed by atoms with Crippen molar-refractivity contribution in [2.75, 3.05) is 4.90 Å². The van der Waals surface area contributed by atoms with Gasteiger partial charge >= 0.3 is 0 Å². The van der Waals surface area contributed by atoms with Crippen LogP contribution >= 0.6 is 0 Å². The van der Waals surface area contributed by atoms with Crippen molar-refractivity contribution in [3.63, 3.8) is 0 Å². The lowest BCUT2D eigenvalue weighted by Gasteiger charge is -2.27. The van der Waals surface area contributed by atoms with Gasteiger partial charge in [0.25, 0.3) is 0 Å². The van der Waals surface area contributed by atoms with Crippen molar-refractivity contribution < 1.29 is 0 Å². The molecule has 2 heteroatoms. The van der Waals surface area contributed by atoms with Gasteiger partial charge in [-0.15, -0.1) is 0 Å². The minimum absolute atomic E-state index is 0.000134. The van der Waals surface area contributed by atoms with Crippen LogP contribution in [0.15, 0.2) is 231 Å². The minimum atomic E-state index is -0.0889. The van der Waals surface area contributed by atoms with E-state index < -0.39 is 0 Å². The molecule has 0 unspecified atom stereocenters. The van der Waals surface area contributed by atoms with E-state index in [1.54, 1.807) is 0 Å². The van der Waals surface area contributed by atoms with Crippen LogP contribution in [0, 0.1) is 0 Å². The fraction of sp³-hybridized carbons (Fsp3) is 0.118. The van der Waals surface area contributed by atoms with E-state index in [2.05, 4.69) is 282 Å². The molecule has 2 nitrogen and oxygen atoms in total. The first-order valence-electron chi connectivity index (χ1n) is 24.7. The van der Waals surface area contributed by atoms with Crippen LogP contribution in [0.25, 0.3) is 93.2 Å². The molecule has 0 N–H and O–H groups in total. The summed E-state index contributed by atoms with van der Waals surface area (Å²) in [5.41, 5.74) is 16.7. The summed E-state index contributed by atoms with van der Waals surface area (Å²) in [5, 5.41) is 10.0. The van der Waals surface area contributed by atoms with Crippen molar-refractivity contribution in [2.45, 2.75) is 52.4 Å². The zero-order valence-electron chi connectivity index (χ0n) is 40.8. The number of fused-ring (bicyclic) bond motifs is 7. The first-order valence-corrected chi connectivity index (χ1v) is 24.7. The summed E-state index contributed by atoms with van der Waals surface area (Å²) in [5.74, 6) is 0. The predicted octanol–water partition coefficient (Wildman–Crippen LogP) is 19.3. The average molecular weight is 901 g/mol. The van der Waals surface area contributed by atoms with Crippen molar-refractivity contribution in [1.82, 2.24) is 4.57 Å². The van der Waals surface area contributed by atoms with Gasteiger partial charge < -0.3 is 9.47 Å². The SMILES string of the molecule is CC(C)(C)c1ccc2c3c(-c4cccc(N(c5ccc(-c6ccc(-c7cccc8ccccc78)cc6)cc5)c5ccc6c(ccc7ccccc76)c5)c4)cc(C(C)(C)C)cc3n(-c3ccccc3)c2c1. The van der Waals surface area contributed by atoms with Gasteiger partial charge in [0.15, 0.2) is 0 Å². The number of rotatable bonds is 7. The lowest BCUT2D eigenvalue weighted by atomic mass is 9.83. The summed E-state index contributed by atoms with van der Waals surface area (Å²) < 4.78 is 2.49. The van der Waals surface area contributed by atoms with Gasteiger partial charge in [-0.3, -0.25) is 0 Å². The zero-order chi connectivity index (χ0) is 47.7. The van der Waals surface area contributed by atoms with E-state index in [4.69, 9.17) is 0 Å². The predicted molar refractivity (Wildman–Crippen MR) is 302 cm³/mol. The highest BCUT2D eigenvalue weighted by molar-refractivity contribution is 6.16. The third-order valence-electron chi connectivity index (χ3n) is 14.5. The molecule has 0 saturated heterocycles. The number of benzene rings is 11. The third-order valence-corrected chi connectivity index (χ3v) is 14.5. The van der Waals surface area contributed by atoms with Crippen molar-refractivity contribution in [2.24, 2.45) is 0 Å². The van der Waals surface area contributed by atoms with Crippen LogP contribution in [0.1, 0.15) is 52.7 Å². The van der Waals surface area contributed by atoms with Crippen molar-refractivity contribution >= 4 is 71.2 Å². The van der Waals surface area contributed by atoms with E-state index in [1.165, 1.54) is 104 Å². The van der Waals surface area contributed by atoms with Gasteiger partial charge in [0, 0.05) is 33.5 Å². The highest BCUT2D eigenvalue weighted by atomic mass is 15.1. The Hall–Kier alpha value is -8.20. The van der Waals surface area contributed by atoms with Crippen molar-refractivity contribution in [1.29, 1.82) is 0 Å². The maximum absolute atomic E-state index is 2.49. The molecule has 338 valence electrons. The fourth-order valence-electron chi connectivity index (χ4n) is 10.6. The molecule has 0 spiro atoms. The molecule has 0 radical (unpaired) electrons. The topological polar surface area (TPSA) is 8.17 Å². The molecule has 0 aliphatic rings. The summed E-state index contributed by atoms with van der Waals surface area (Å²) in [6, 6.07) is 85.6. The molecule has 11 aromatic carbocycles. The molecule has 1 heterocycles. The maximum atomic E-state index is 2.49. The Morgan fingerprint density at radius 1 is 0.314 bits per heavy atom. The normalized spacial score (nSPS) is 12.1. The Labute approximate surface area is 411 Å². The van der Waals surface area contributed by atoms with E-state index in [1.807, 2.05) is 0 Å².